The van der Waals surface area contributed by atoms with Crippen molar-refractivity contribution in [2.75, 3.05) is 6.54 Å². The maximum atomic E-state index is 14.7. The zero-order chi connectivity index (χ0) is 10.8. The minimum Gasteiger partial charge on any atom is -0.327 e. The number of hydrogen-bond donors (Lipinski definition) is 1. The Balaban J connectivity index is 2.94. The van der Waals surface area contributed by atoms with Gasteiger partial charge in [0.2, 0.25) is 0 Å². The summed E-state index contributed by atoms with van der Waals surface area (Å²) in [6, 6.07) is 0. The van der Waals surface area contributed by atoms with Crippen molar-refractivity contribution >= 4 is 0 Å². The lowest BCUT2D eigenvalue weighted by Gasteiger charge is -2.40. The van der Waals surface area contributed by atoms with E-state index in [2.05, 4.69) is 6.08 Å². The van der Waals surface area contributed by atoms with Gasteiger partial charge in [0.05, 0.1) is 0 Å². The van der Waals surface area contributed by atoms with E-state index >= 15 is 0 Å². The normalized spacial score (nSPS) is 22.8. The number of rotatable bonds is 2. The molecular formula is C12H22FN. The van der Waals surface area contributed by atoms with Crippen molar-refractivity contribution in [3.63, 3.8) is 0 Å². The van der Waals surface area contributed by atoms with Crippen LogP contribution in [0.15, 0.2) is 11.6 Å². The highest BCUT2D eigenvalue weighted by Crippen LogP contribution is 2.42. The highest BCUT2D eigenvalue weighted by Gasteiger charge is 2.44. The summed E-state index contributed by atoms with van der Waals surface area (Å²) in [7, 11) is 0. The Kier molecular flexibility index (Phi) is 3.36. The minimum absolute atomic E-state index is 0.0995. The third-order valence-corrected chi connectivity index (χ3v) is 3.27. The van der Waals surface area contributed by atoms with Gasteiger partial charge in [0, 0.05) is 12.0 Å². The van der Waals surface area contributed by atoms with E-state index in [-0.39, 0.29) is 6.54 Å². The van der Waals surface area contributed by atoms with Gasteiger partial charge >= 0.3 is 0 Å². The van der Waals surface area contributed by atoms with Gasteiger partial charge in [-0.25, -0.2) is 4.39 Å². The first-order chi connectivity index (χ1) is 6.42. The van der Waals surface area contributed by atoms with E-state index in [9.17, 15) is 4.39 Å². The first-order valence-electron chi connectivity index (χ1n) is 5.50. The second kappa shape index (κ2) is 4.01. The number of halogens is 1. The highest BCUT2D eigenvalue weighted by atomic mass is 19.1. The predicted octanol–water partition coefficient (Wildman–Crippen LogP) is 3.20. The van der Waals surface area contributed by atoms with E-state index in [1.165, 1.54) is 6.42 Å². The van der Waals surface area contributed by atoms with Gasteiger partial charge in [0.15, 0.2) is 0 Å². The van der Waals surface area contributed by atoms with Crippen LogP contribution in [-0.2, 0) is 0 Å². The molecule has 1 nitrogen and oxygen atoms in total. The SMILES string of the molecule is CC(C)(C)C(F)(CN)C1=CCCCC1. The molecule has 0 saturated carbocycles. The molecule has 0 spiro atoms. The molecule has 1 aliphatic rings. The lowest BCUT2D eigenvalue weighted by Crippen LogP contribution is -2.47. The molecule has 0 radical (unpaired) electrons. The third-order valence-electron chi connectivity index (χ3n) is 3.27. The summed E-state index contributed by atoms with van der Waals surface area (Å²) < 4.78 is 14.7. The molecule has 0 fully saturated rings. The topological polar surface area (TPSA) is 26.0 Å². The number of alkyl halides is 1. The predicted molar refractivity (Wildman–Crippen MR) is 58.9 cm³/mol. The van der Waals surface area contributed by atoms with Crippen LogP contribution in [0.2, 0.25) is 0 Å². The van der Waals surface area contributed by atoms with Crippen LogP contribution < -0.4 is 5.73 Å². The van der Waals surface area contributed by atoms with Gasteiger partial charge in [-0.2, -0.15) is 0 Å². The molecule has 0 aromatic carbocycles. The van der Waals surface area contributed by atoms with Crippen molar-refractivity contribution in [3.8, 4) is 0 Å². The van der Waals surface area contributed by atoms with Crippen molar-refractivity contribution < 1.29 is 4.39 Å². The first-order valence-corrected chi connectivity index (χ1v) is 5.50. The van der Waals surface area contributed by atoms with Crippen LogP contribution in [0.5, 0.6) is 0 Å². The lowest BCUT2D eigenvalue weighted by atomic mass is 9.71. The largest absolute Gasteiger partial charge is 0.327 e. The molecule has 0 saturated heterocycles. The van der Waals surface area contributed by atoms with Crippen LogP contribution in [0, 0.1) is 5.41 Å². The third kappa shape index (κ3) is 2.00. The molecule has 2 heteroatoms. The average Bonchev–Trinajstić information content (AvgIpc) is 2.16. The van der Waals surface area contributed by atoms with Gasteiger partial charge < -0.3 is 5.73 Å². The van der Waals surface area contributed by atoms with Crippen molar-refractivity contribution in [1.29, 1.82) is 0 Å². The number of nitrogens with two attached hydrogens (primary N) is 1. The Morgan fingerprint density at radius 3 is 2.36 bits per heavy atom. The molecule has 2 N–H and O–H groups in total. The Bertz CT molecular complexity index is 227. The van der Waals surface area contributed by atoms with Crippen LogP contribution in [0.3, 0.4) is 0 Å². The second-order valence-electron chi connectivity index (χ2n) is 5.23. The fourth-order valence-corrected chi connectivity index (χ4v) is 2.12. The van der Waals surface area contributed by atoms with Crippen molar-refractivity contribution in [1.82, 2.24) is 0 Å². The van der Waals surface area contributed by atoms with Crippen LogP contribution in [-0.4, -0.2) is 12.2 Å². The molecule has 1 atom stereocenters. The summed E-state index contributed by atoms with van der Waals surface area (Å²) in [4.78, 5) is 0. The van der Waals surface area contributed by atoms with Crippen molar-refractivity contribution in [2.45, 2.75) is 52.1 Å². The van der Waals surface area contributed by atoms with E-state index in [1.54, 1.807) is 0 Å². The van der Waals surface area contributed by atoms with Crippen LogP contribution >= 0.6 is 0 Å². The molecule has 1 aliphatic carbocycles. The maximum Gasteiger partial charge on any atom is 0.148 e. The molecule has 82 valence electrons. The molecule has 0 aromatic heterocycles. The van der Waals surface area contributed by atoms with Crippen LogP contribution in [0.1, 0.15) is 46.5 Å². The second-order valence-corrected chi connectivity index (χ2v) is 5.23. The monoisotopic (exact) mass is 199 g/mol. The summed E-state index contributed by atoms with van der Waals surface area (Å²) >= 11 is 0. The number of allylic oxidation sites excluding steroid dienone is 1. The molecule has 14 heavy (non-hydrogen) atoms. The fraction of sp³-hybridized carbons (Fsp3) is 0.833. The van der Waals surface area contributed by atoms with Gasteiger partial charge in [-0.05, 0) is 31.3 Å². The molecule has 0 aromatic rings. The highest BCUT2D eigenvalue weighted by molar-refractivity contribution is 5.23. The average molecular weight is 199 g/mol. The molecular weight excluding hydrogens is 177 g/mol. The molecule has 0 heterocycles. The standard InChI is InChI=1S/C12H22FN/c1-11(2,3)12(13,9-14)10-7-5-4-6-8-10/h7H,4-6,8-9,14H2,1-3H3. The zero-order valence-electron chi connectivity index (χ0n) is 9.57. The van der Waals surface area contributed by atoms with E-state index < -0.39 is 11.1 Å². The van der Waals surface area contributed by atoms with Crippen molar-refractivity contribution in [2.24, 2.45) is 11.1 Å². The maximum absolute atomic E-state index is 14.7. The smallest absolute Gasteiger partial charge is 0.148 e. The number of hydrogen-bond acceptors (Lipinski definition) is 1. The van der Waals surface area contributed by atoms with Crippen LogP contribution in [0.4, 0.5) is 4.39 Å². The molecule has 0 amide bonds. The summed E-state index contributed by atoms with van der Waals surface area (Å²) in [6.45, 7) is 5.88. The summed E-state index contributed by atoms with van der Waals surface area (Å²) in [5.41, 5.74) is 4.83. The molecule has 0 aliphatic heterocycles. The summed E-state index contributed by atoms with van der Waals surface area (Å²) in [5.74, 6) is 0. The van der Waals surface area contributed by atoms with Gasteiger partial charge in [-0.15, -0.1) is 0 Å². The Hall–Kier alpha value is -0.370. The van der Waals surface area contributed by atoms with Gasteiger partial charge in [0.1, 0.15) is 5.67 Å². The Morgan fingerprint density at radius 1 is 1.36 bits per heavy atom. The minimum atomic E-state index is -1.31. The van der Waals surface area contributed by atoms with Crippen LogP contribution in [0.25, 0.3) is 0 Å². The quantitative estimate of drug-likeness (QED) is 0.679. The molecule has 1 rings (SSSR count). The lowest BCUT2D eigenvalue weighted by molar-refractivity contribution is 0.0701. The summed E-state index contributed by atoms with van der Waals surface area (Å²) in [5, 5.41) is 0. The Morgan fingerprint density at radius 2 is 2.00 bits per heavy atom. The van der Waals surface area contributed by atoms with Gasteiger partial charge in [-0.3, -0.25) is 0 Å². The Labute approximate surface area is 86.6 Å². The zero-order valence-corrected chi connectivity index (χ0v) is 9.57. The van der Waals surface area contributed by atoms with Gasteiger partial charge in [-0.1, -0.05) is 26.8 Å². The summed E-state index contributed by atoms with van der Waals surface area (Å²) in [6.07, 6.45) is 6.24. The van der Waals surface area contributed by atoms with E-state index in [1.807, 2.05) is 20.8 Å². The van der Waals surface area contributed by atoms with Crippen molar-refractivity contribution in [3.05, 3.63) is 11.6 Å². The van der Waals surface area contributed by atoms with E-state index in [0.29, 0.717) is 0 Å². The van der Waals surface area contributed by atoms with E-state index in [0.717, 1.165) is 24.8 Å². The molecule has 1 unspecified atom stereocenters. The fourth-order valence-electron chi connectivity index (χ4n) is 2.12. The molecule has 0 bridgehead atoms. The first kappa shape index (κ1) is 11.7. The van der Waals surface area contributed by atoms with E-state index in [4.69, 9.17) is 5.73 Å². The van der Waals surface area contributed by atoms with Gasteiger partial charge in [0.25, 0.3) is 0 Å².